The fraction of sp³-hybridized carbons (Fsp3) is 0.318. The number of para-hydroxylation sites is 1. The van der Waals surface area contributed by atoms with Crippen molar-refractivity contribution < 1.29 is 14.8 Å². The third kappa shape index (κ3) is 3.73. The van der Waals surface area contributed by atoms with Crippen LogP contribution in [-0.2, 0) is 11.3 Å². The Morgan fingerprint density at radius 3 is 2.76 bits per heavy atom. The predicted molar refractivity (Wildman–Crippen MR) is 110 cm³/mol. The first-order chi connectivity index (χ1) is 13.9. The van der Waals surface area contributed by atoms with Gasteiger partial charge < -0.3 is 9.67 Å². The van der Waals surface area contributed by atoms with Crippen LogP contribution >= 0.6 is 0 Å². The summed E-state index contributed by atoms with van der Waals surface area (Å²) in [6, 6.07) is 15.1. The van der Waals surface area contributed by atoms with Crippen molar-refractivity contribution in [2.24, 2.45) is 5.92 Å². The average molecular weight is 393 g/mol. The van der Waals surface area contributed by atoms with Crippen LogP contribution in [0, 0.1) is 23.0 Å². The van der Waals surface area contributed by atoms with Gasteiger partial charge in [-0.15, -0.1) is 0 Å². The van der Waals surface area contributed by atoms with Gasteiger partial charge in [-0.3, -0.25) is 19.8 Å². The minimum absolute atomic E-state index is 0.0737. The van der Waals surface area contributed by atoms with Gasteiger partial charge in [0.25, 0.3) is 5.69 Å². The van der Waals surface area contributed by atoms with E-state index in [1.54, 1.807) is 12.1 Å². The topological polar surface area (TPSA) is 88.6 Å². The van der Waals surface area contributed by atoms with Crippen LogP contribution in [0.3, 0.4) is 0 Å². The van der Waals surface area contributed by atoms with E-state index in [9.17, 15) is 20.0 Å². The quantitative estimate of drug-likeness (QED) is 0.520. The Morgan fingerprint density at radius 2 is 2.03 bits per heavy atom. The molecule has 1 fully saturated rings. The van der Waals surface area contributed by atoms with Crippen LogP contribution in [0.2, 0.25) is 0 Å². The average Bonchev–Trinajstić information content (AvgIpc) is 3.05. The monoisotopic (exact) mass is 393 g/mol. The van der Waals surface area contributed by atoms with E-state index >= 15 is 0 Å². The molecule has 4 rings (SSSR count). The van der Waals surface area contributed by atoms with Gasteiger partial charge in [-0.1, -0.05) is 18.2 Å². The maximum Gasteiger partial charge on any atom is 0.307 e. The van der Waals surface area contributed by atoms with Gasteiger partial charge in [0.2, 0.25) is 0 Å². The van der Waals surface area contributed by atoms with Gasteiger partial charge in [-0.25, -0.2) is 0 Å². The molecule has 0 aliphatic carbocycles. The minimum atomic E-state index is -0.735. The van der Waals surface area contributed by atoms with E-state index in [4.69, 9.17) is 0 Å². The van der Waals surface area contributed by atoms with E-state index in [1.807, 2.05) is 31.2 Å². The molecule has 1 aliphatic rings. The lowest BCUT2D eigenvalue weighted by Gasteiger charge is -2.31. The molecule has 1 saturated heterocycles. The smallest absolute Gasteiger partial charge is 0.307 e. The molecule has 29 heavy (non-hydrogen) atoms. The molecule has 1 unspecified atom stereocenters. The number of carboxylic acid groups (broad SMARTS) is 1. The second-order valence-electron chi connectivity index (χ2n) is 7.67. The molecule has 0 spiro atoms. The Bertz CT molecular complexity index is 1090. The Balaban J connectivity index is 1.76. The van der Waals surface area contributed by atoms with E-state index in [2.05, 4.69) is 15.5 Å². The standard InChI is InChI=1S/C22H23N3O4/c1-15-11-18(25(28)29)8-9-20(15)24-19(12-16-5-2-3-7-21(16)24)14-23-10-4-6-17(13-23)22(26)27/h2-3,5,7-9,11-12,17H,4,6,10,13-14H2,1H3,(H,26,27). The van der Waals surface area contributed by atoms with Gasteiger partial charge in [-0.05, 0) is 50.1 Å². The van der Waals surface area contributed by atoms with Crippen molar-refractivity contribution in [1.82, 2.24) is 9.47 Å². The number of nitro groups is 1. The van der Waals surface area contributed by atoms with Crippen LogP contribution in [0.1, 0.15) is 24.1 Å². The molecular formula is C22H23N3O4. The molecule has 1 aliphatic heterocycles. The number of rotatable bonds is 5. The van der Waals surface area contributed by atoms with Crippen molar-refractivity contribution in [1.29, 1.82) is 0 Å². The van der Waals surface area contributed by atoms with Gasteiger partial charge in [0.1, 0.15) is 0 Å². The van der Waals surface area contributed by atoms with Crippen LogP contribution in [0.5, 0.6) is 0 Å². The lowest BCUT2D eigenvalue weighted by molar-refractivity contribution is -0.384. The molecule has 7 nitrogen and oxygen atoms in total. The first-order valence-electron chi connectivity index (χ1n) is 9.74. The zero-order valence-electron chi connectivity index (χ0n) is 16.2. The minimum Gasteiger partial charge on any atom is -0.481 e. The number of fused-ring (bicyclic) bond motifs is 1. The number of nitrogens with zero attached hydrogens (tertiary/aromatic N) is 3. The van der Waals surface area contributed by atoms with E-state index in [0.29, 0.717) is 13.1 Å². The summed E-state index contributed by atoms with van der Waals surface area (Å²) < 4.78 is 2.14. The van der Waals surface area contributed by atoms with Crippen molar-refractivity contribution in [2.45, 2.75) is 26.3 Å². The van der Waals surface area contributed by atoms with Gasteiger partial charge in [0, 0.05) is 42.0 Å². The number of piperidine rings is 1. The first-order valence-corrected chi connectivity index (χ1v) is 9.74. The molecule has 7 heteroatoms. The van der Waals surface area contributed by atoms with Crippen LogP contribution in [0.25, 0.3) is 16.6 Å². The summed E-state index contributed by atoms with van der Waals surface area (Å²) in [4.78, 5) is 24.4. The van der Waals surface area contributed by atoms with Crippen molar-refractivity contribution >= 4 is 22.6 Å². The number of nitro benzene ring substituents is 1. The number of non-ortho nitro benzene ring substituents is 1. The number of aryl methyl sites for hydroxylation is 1. The van der Waals surface area contributed by atoms with Gasteiger partial charge in [-0.2, -0.15) is 0 Å². The SMILES string of the molecule is Cc1cc([N+](=O)[O-])ccc1-n1c(CN2CCCC(C(=O)O)C2)cc2ccccc21. The van der Waals surface area contributed by atoms with Crippen LogP contribution < -0.4 is 0 Å². The number of hydrogen-bond donors (Lipinski definition) is 1. The fourth-order valence-electron chi connectivity index (χ4n) is 4.25. The summed E-state index contributed by atoms with van der Waals surface area (Å²) >= 11 is 0. The summed E-state index contributed by atoms with van der Waals surface area (Å²) in [5.74, 6) is -1.07. The third-order valence-electron chi connectivity index (χ3n) is 5.66. The van der Waals surface area contributed by atoms with Gasteiger partial charge in [0.05, 0.1) is 16.4 Å². The van der Waals surface area contributed by atoms with Crippen LogP contribution in [0.15, 0.2) is 48.5 Å². The molecule has 1 N–H and O–H groups in total. The predicted octanol–water partition coefficient (Wildman–Crippen LogP) is 4.14. The normalized spacial score (nSPS) is 17.5. The first kappa shape index (κ1) is 19.1. The van der Waals surface area contributed by atoms with E-state index in [0.717, 1.165) is 47.2 Å². The molecule has 0 saturated carbocycles. The van der Waals surface area contributed by atoms with Crippen molar-refractivity contribution in [3.63, 3.8) is 0 Å². The highest BCUT2D eigenvalue weighted by molar-refractivity contribution is 5.83. The number of likely N-dealkylation sites (tertiary alicyclic amines) is 1. The van der Waals surface area contributed by atoms with Crippen LogP contribution in [-0.4, -0.2) is 38.6 Å². The van der Waals surface area contributed by atoms with E-state index < -0.39 is 5.97 Å². The molecular weight excluding hydrogens is 370 g/mol. The van der Waals surface area contributed by atoms with E-state index in [1.165, 1.54) is 6.07 Å². The number of aromatic nitrogens is 1. The Kier molecular flexibility index (Phi) is 5.07. The highest BCUT2D eigenvalue weighted by Crippen LogP contribution is 2.30. The summed E-state index contributed by atoms with van der Waals surface area (Å²) in [5.41, 5.74) is 3.88. The lowest BCUT2D eigenvalue weighted by Crippen LogP contribution is -2.38. The second-order valence-corrected chi connectivity index (χ2v) is 7.67. The maximum atomic E-state index is 11.4. The summed E-state index contributed by atoms with van der Waals surface area (Å²) in [6.45, 7) is 3.91. The molecule has 1 aromatic heterocycles. The fourth-order valence-corrected chi connectivity index (χ4v) is 4.25. The zero-order chi connectivity index (χ0) is 20.5. The molecule has 1 atom stereocenters. The second kappa shape index (κ2) is 7.67. The number of carboxylic acids is 1. The highest BCUT2D eigenvalue weighted by atomic mass is 16.6. The molecule has 2 aromatic carbocycles. The highest BCUT2D eigenvalue weighted by Gasteiger charge is 2.26. The Morgan fingerprint density at radius 1 is 1.24 bits per heavy atom. The third-order valence-corrected chi connectivity index (χ3v) is 5.66. The van der Waals surface area contributed by atoms with E-state index in [-0.39, 0.29) is 16.5 Å². The molecule has 0 radical (unpaired) electrons. The molecule has 150 valence electrons. The van der Waals surface area contributed by atoms with Gasteiger partial charge in [0.15, 0.2) is 0 Å². The summed E-state index contributed by atoms with van der Waals surface area (Å²) in [6.07, 6.45) is 1.59. The molecule has 3 aromatic rings. The number of aliphatic carboxylic acids is 1. The lowest BCUT2D eigenvalue weighted by atomic mass is 9.98. The number of hydrogen-bond acceptors (Lipinski definition) is 4. The molecule has 2 heterocycles. The summed E-state index contributed by atoms with van der Waals surface area (Å²) in [7, 11) is 0. The van der Waals surface area contributed by atoms with Crippen molar-refractivity contribution in [2.75, 3.05) is 13.1 Å². The summed E-state index contributed by atoms with van der Waals surface area (Å²) in [5, 5.41) is 21.6. The zero-order valence-corrected chi connectivity index (χ0v) is 16.2. The van der Waals surface area contributed by atoms with Crippen molar-refractivity contribution in [3.8, 4) is 5.69 Å². The largest absolute Gasteiger partial charge is 0.481 e. The van der Waals surface area contributed by atoms with Crippen LogP contribution in [0.4, 0.5) is 5.69 Å². The number of benzene rings is 2. The van der Waals surface area contributed by atoms with Crippen molar-refractivity contribution in [3.05, 3.63) is 69.9 Å². The number of carbonyl (C=O) groups is 1. The van der Waals surface area contributed by atoms with Gasteiger partial charge >= 0.3 is 5.97 Å². The molecule has 0 amide bonds. The Hall–Kier alpha value is -3.19. The Labute approximate surface area is 168 Å². The molecule has 0 bridgehead atoms. The maximum absolute atomic E-state index is 11.4.